The minimum atomic E-state index is -0.595. The highest BCUT2D eigenvalue weighted by Gasteiger charge is 2.13. The molecule has 0 saturated carbocycles. The molecule has 0 aromatic heterocycles. The number of benzene rings is 3. The molecule has 0 unspecified atom stereocenters. The Morgan fingerprint density at radius 3 is 2.46 bits per heavy atom. The van der Waals surface area contributed by atoms with E-state index in [4.69, 9.17) is 14.2 Å². The number of nitrogens with one attached hydrogen (secondary N) is 1. The van der Waals surface area contributed by atoms with Gasteiger partial charge in [0.2, 0.25) is 6.79 Å². The Bertz CT molecular complexity index is 896. The van der Waals surface area contributed by atoms with E-state index in [0.29, 0.717) is 13.1 Å². The standard InChI is InChI=1S/C23H23NO4/c25-20(14-24-13-17-6-11-22-23(12-17)28-16-27-22)15-26-21-9-7-19(8-10-21)18-4-2-1-3-5-18/h1-12,20,24-25H,13-16H2/t20-/m0/s1. The second-order valence-corrected chi connectivity index (χ2v) is 6.67. The van der Waals surface area contributed by atoms with E-state index in [2.05, 4.69) is 17.4 Å². The van der Waals surface area contributed by atoms with Gasteiger partial charge in [-0.2, -0.15) is 0 Å². The Balaban J connectivity index is 1.21. The van der Waals surface area contributed by atoms with Crippen LogP contribution < -0.4 is 19.5 Å². The molecule has 4 rings (SSSR count). The minimum Gasteiger partial charge on any atom is -0.491 e. The van der Waals surface area contributed by atoms with Gasteiger partial charge in [0.15, 0.2) is 11.5 Å². The van der Waals surface area contributed by atoms with Gasteiger partial charge in [-0.1, -0.05) is 48.5 Å². The van der Waals surface area contributed by atoms with Crippen molar-refractivity contribution in [2.24, 2.45) is 0 Å². The molecule has 3 aromatic carbocycles. The summed E-state index contributed by atoms with van der Waals surface area (Å²) in [4.78, 5) is 0. The van der Waals surface area contributed by atoms with Crippen molar-refractivity contribution in [3.63, 3.8) is 0 Å². The van der Waals surface area contributed by atoms with Gasteiger partial charge in [-0.3, -0.25) is 0 Å². The fraction of sp³-hybridized carbons (Fsp3) is 0.217. The number of ether oxygens (including phenoxy) is 3. The van der Waals surface area contributed by atoms with Gasteiger partial charge in [0.1, 0.15) is 18.5 Å². The van der Waals surface area contributed by atoms with Gasteiger partial charge in [-0.05, 0) is 41.0 Å². The number of aliphatic hydroxyl groups excluding tert-OH is 1. The third kappa shape index (κ3) is 4.63. The van der Waals surface area contributed by atoms with Crippen LogP contribution >= 0.6 is 0 Å². The number of aliphatic hydroxyl groups is 1. The van der Waals surface area contributed by atoms with Crippen molar-refractivity contribution in [2.45, 2.75) is 12.6 Å². The van der Waals surface area contributed by atoms with Crippen LogP contribution in [0.5, 0.6) is 17.2 Å². The summed E-state index contributed by atoms with van der Waals surface area (Å²) in [6.07, 6.45) is -0.595. The van der Waals surface area contributed by atoms with Crippen molar-refractivity contribution in [2.75, 3.05) is 19.9 Å². The van der Waals surface area contributed by atoms with E-state index >= 15 is 0 Å². The molecule has 0 saturated heterocycles. The van der Waals surface area contributed by atoms with Crippen LogP contribution in [-0.2, 0) is 6.54 Å². The molecule has 0 radical (unpaired) electrons. The molecule has 0 aliphatic carbocycles. The molecule has 3 aromatic rings. The van der Waals surface area contributed by atoms with Crippen molar-refractivity contribution < 1.29 is 19.3 Å². The second-order valence-electron chi connectivity index (χ2n) is 6.67. The molecule has 0 spiro atoms. The van der Waals surface area contributed by atoms with Gasteiger partial charge >= 0.3 is 0 Å². The SMILES string of the molecule is O[C@@H](CNCc1ccc2c(c1)OCO2)COc1ccc(-c2ccccc2)cc1. The summed E-state index contributed by atoms with van der Waals surface area (Å²) < 4.78 is 16.4. The molecule has 1 aliphatic heterocycles. The Hall–Kier alpha value is -3.02. The van der Waals surface area contributed by atoms with E-state index in [0.717, 1.165) is 28.4 Å². The summed E-state index contributed by atoms with van der Waals surface area (Å²) >= 11 is 0. The van der Waals surface area contributed by atoms with E-state index in [1.54, 1.807) is 0 Å². The van der Waals surface area contributed by atoms with Crippen LogP contribution in [0.15, 0.2) is 72.8 Å². The van der Waals surface area contributed by atoms with E-state index in [-0.39, 0.29) is 13.4 Å². The van der Waals surface area contributed by atoms with Gasteiger partial charge in [0.05, 0.1) is 0 Å². The summed E-state index contributed by atoms with van der Waals surface area (Å²) in [6.45, 7) is 1.59. The van der Waals surface area contributed by atoms with Crippen LogP contribution in [0.25, 0.3) is 11.1 Å². The molecule has 0 fully saturated rings. The number of rotatable bonds is 8. The summed E-state index contributed by atoms with van der Waals surface area (Å²) in [6, 6.07) is 23.9. The average molecular weight is 377 g/mol. The van der Waals surface area contributed by atoms with Crippen LogP contribution in [0.2, 0.25) is 0 Å². The van der Waals surface area contributed by atoms with Crippen molar-refractivity contribution in [1.29, 1.82) is 0 Å². The normalized spacial score (nSPS) is 13.3. The highest BCUT2D eigenvalue weighted by atomic mass is 16.7. The van der Waals surface area contributed by atoms with Crippen molar-refractivity contribution >= 4 is 0 Å². The van der Waals surface area contributed by atoms with Gasteiger partial charge in [0.25, 0.3) is 0 Å². The van der Waals surface area contributed by atoms with E-state index in [1.165, 1.54) is 5.56 Å². The molecular weight excluding hydrogens is 354 g/mol. The number of hydrogen-bond acceptors (Lipinski definition) is 5. The molecule has 2 N–H and O–H groups in total. The second kappa shape index (κ2) is 8.78. The maximum Gasteiger partial charge on any atom is 0.231 e. The zero-order chi connectivity index (χ0) is 19.2. The van der Waals surface area contributed by atoms with Crippen LogP contribution in [0, 0.1) is 0 Å². The van der Waals surface area contributed by atoms with E-state index in [9.17, 15) is 5.11 Å². The summed E-state index contributed by atoms with van der Waals surface area (Å²) in [7, 11) is 0. The topological polar surface area (TPSA) is 60.0 Å². The maximum absolute atomic E-state index is 10.1. The smallest absolute Gasteiger partial charge is 0.231 e. The molecule has 5 heteroatoms. The number of hydrogen-bond donors (Lipinski definition) is 2. The molecule has 0 amide bonds. The zero-order valence-electron chi connectivity index (χ0n) is 15.5. The predicted octanol–water partition coefficient (Wildman–Crippen LogP) is 3.61. The molecule has 1 atom stereocenters. The predicted molar refractivity (Wildman–Crippen MR) is 108 cm³/mol. The first-order chi connectivity index (χ1) is 13.8. The highest BCUT2D eigenvalue weighted by molar-refractivity contribution is 5.63. The fourth-order valence-electron chi connectivity index (χ4n) is 3.06. The first-order valence-electron chi connectivity index (χ1n) is 9.33. The molecule has 28 heavy (non-hydrogen) atoms. The van der Waals surface area contributed by atoms with Crippen LogP contribution in [-0.4, -0.2) is 31.2 Å². The molecular formula is C23H23NO4. The van der Waals surface area contributed by atoms with Crippen molar-refractivity contribution in [1.82, 2.24) is 5.32 Å². The monoisotopic (exact) mass is 377 g/mol. The van der Waals surface area contributed by atoms with Gasteiger partial charge in [-0.15, -0.1) is 0 Å². The minimum absolute atomic E-state index is 0.235. The molecule has 0 bridgehead atoms. The lowest BCUT2D eigenvalue weighted by atomic mass is 10.1. The summed E-state index contributed by atoms with van der Waals surface area (Å²) in [5.74, 6) is 2.28. The van der Waals surface area contributed by atoms with Gasteiger partial charge in [-0.25, -0.2) is 0 Å². The average Bonchev–Trinajstić information content (AvgIpc) is 3.21. The lowest BCUT2D eigenvalue weighted by Crippen LogP contribution is -2.31. The first-order valence-corrected chi connectivity index (χ1v) is 9.33. The van der Waals surface area contributed by atoms with E-state index < -0.39 is 6.10 Å². The third-order valence-electron chi connectivity index (χ3n) is 4.55. The molecule has 1 aliphatic rings. The van der Waals surface area contributed by atoms with Gasteiger partial charge in [0, 0.05) is 13.1 Å². The van der Waals surface area contributed by atoms with E-state index in [1.807, 2.05) is 60.7 Å². The largest absolute Gasteiger partial charge is 0.491 e. The number of fused-ring (bicyclic) bond motifs is 1. The molecule has 5 nitrogen and oxygen atoms in total. The van der Waals surface area contributed by atoms with Crippen LogP contribution in [0.3, 0.4) is 0 Å². The Kier molecular flexibility index (Phi) is 5.75. The molecule has 1 heterocycles. The third-order valence-corrected chi connectivity index (χ3v) is 4.55. The van der Waals surface area contributed by atoms with Crippen LogP contribution in [0.4, 0.5) is 0 Å². The zero-order valence-corrected chi connectivity index (χ0v) is 15.5. The summed E-state index contributed by atoms with van der Waals surface area (Å²) in [5.41, 5.74) is 3.38. The highest BCUT2D eigenvalue weighted by Crippen LogP contribution is 2.32. The lowest BCUT2D eigenvalue weighted by Gasteiger charge is -2.14. The van der Waals surface area contributed by atoms with Crippen molar-refractivity contribution in [3.05, 3.63) is 78.4 Å². The van der Waals surface area contributed by atoms with Gasteiger partial charge < -0.3 is 24.6 Å². The Morgan fingerprint density at radius 2 is 1.64 bits per heavy atom. The maximum atomic E-state index is 10.1. The van der Waals surface area contributed by atoms with Crippen molar-refractivity contribution in [3.8, 4) is 28.4 Å². The van der Waals surface area contributed by atoms with Crippen LogP contribution in [0.1, 0.15) is 5.56 Å². The Morgan fingerprint density at radius 1 is 0.893 bits per heavy atom. The quantitative estimate of drug-likeness (QED) is 0.628. The fourth-order valence-corrected chi connectivity index (χ4v) is 3.06. The first kappa shape index (κ1) is 18.3. The lowest BCUT2D eigenvalue weighted by molar-refractivity contribution is 0.106. The summed E-state index contributed by atoms with van der Waals surface area (Å²) in [5, 5.41) is 13.4. The Labute approximate surface area is 164 Å². The molecule has 144 valence electrons.